The van der Waals surface area contributed by atoms with E-state index in [1.165, 1.54) is 24.1 Å². The largest absolute Gasteiger partial charge is 0.318 e. The van der Waals surface area contributed by atoms with E-state index in [2.05, 4.69) is 46.1 Å². The lowest BCUT2D eigenvalue weighted by Gasteiger charge is -2.30. The zero-order valence-corrected chi connectivity index (χ0v) is 13.4. The number of rotatable bonds is 2. The van der Waals surface area contributed by atoms with Crippen molar-refractivity contribution in [2.45, 2.75) is 78.3 Å². The van der Waals surface area contributed by atoms with Crippen molar-refractivity contribution in [1.29, 1.82) is 0 Å². The predicted octanol–water partition coefficient (Wildman–Crippen LogP) is 4.05. The van der Waals surface area contributed by atoms with Crippen molar-refractivity contribution in [2.75, 3.05) is 0 Å². The zero-order chi connectivity index (χ0) is 13.5. The van der Waals surface area contributed by atoms with E-state index in [9.17, 15) is 0 Å². The van der Waals surface area contributed by atoms with Crippen molar-refractivity contribution in [3.63, 3.8) is 0 Å². The molecule has 1 aliphatic rings. The van der Waals surface area contributed by atoms with Crippen LogP contribution in [0.15, 0.2) is 4.99 Å². The lowest BCUT2D eigenvalue weighted by Crippen LogP contribution is -2.26. The molecule has 0 N–H and O–H groups in total. The number of aromatic nitrogens is 1. The Balaban J connectivity index is 2.67. The molecule has 1 aliphatic carbocycles. The van der Waals surface area contributed by atoms with Crippen LogP contribution in [0.25, 0.3) is 0 Å². The van der Waals surface area contributed by atoms with Crippen LogP contribution < -0.4 is 4.80 Å². The summed E-state index contributed by atoms with van der Waals surface area (Å²) in [5.74, 6) is 0. The second-order valence-corrected chi connectivity index (χ2v) is 7.56. The molecule has 0 radical (unpaired) electrons. The molecular weight excluding hydrogens is 240 g/mol. The van der Waals surface area contributed by atoms with Crippen molar-refractivity contribution in [3.8, 4) is 0 Å². The van der Waals surface area contributed by atoms with Gasteiger partial charge in [0.05, 0.1) is 0 Å². The SMILES string of the molecule is CC(C)N=c1sc2c(n1C(C)C)CCCC2(C)C. The number of thiazole rings is 1. The molecular formula is C15H26N2S. The van der Waals surface area contributed by atoms with E-state index >= 15 is 0 Å². The summed E-state index contributed by atoms with van der Waals surface area (Å²) >= 11 is 1.92. The molecule has 1 aromatic rings. The summed E-state index contributed by atoms with van der Waals surface area (Å²) in [7, 11) is 0. The van der Waals surface area contributed by atoms with Gasteiger partial charge in [0.2, 0.25) is 0 Å². The van der Waals surface area contributed by atoms with Crippen LogP contribution in [-0.2, 0) is 11.8 Å². The Bertz CT molecular complexity index is 489. The normalized spacial score (nSPS) is 19.7. The van der Waals surface area contributed by atoms with Gasteiger partial charge in [-0.25, -0.2) is 0 Å². The third kappa shape index (κ3) is 2.42. The second kappa shape index (κ2) is 4.84. The maximum Gasteiger partial charge on any atom is 0.185 e. The molecule has 0 saturated heterocycles. The summed E-state index contributed by atoms with van der Waals surface area (Å²) in [4.78, 5) is 7.63. The number of nitrogens with zero attached hydrogens (tertiary/aromatic N) is 2. The van der Waals surface area contributed by atoms with Crippen LogP contribution in [0.4, 0.5) is 0 Å². The Labute approximate surface area is 115 Å². The van der Waals surface area contributed by atoms with Gasteiger partial charge in [0.15, 0.2) is 4.80 Å². The summed E-state index contributed by atoms with van der Waals surface area (Å²) in [6, 6.07) is 0.884. The van der Waals surface area contributed by atoms with Crippen molar-refractivity contribution in [2.24, 2.45) is 4.99 Å². The molecule has 0 saturated carbocycles. The third-order valence-corrected chi connectivity index (χ3v) is 5.14. The van der Waals surface area contributed by atoms with Crippen LogP contribution in [0.1, 0.15) is 71.0 Å². The van der Waals surface area contributed by atoms with Crippen LogP contribution in [0.2, 0.25) is 0 Å². The second-order valence-electron chi connectivity index (χ2n) is 6.58. The first-order chi connectivity index (χ1) is 8.33. The first kappa shape index (κ1) is 13.9. The molecule has 0 atom stereocenters. The highest BCUT2D eigenvalue weighted by molar-refractivity contribution is 7.09. The lowest BCUT2D eigenvalue weighted by atomic mass is 9.79. The first-order valence-electron chi connectivity index (χ1n) is 7.11. The quantitative estimate of drug-likeness (QED) is 0.768. The van der Waals surface area contributed by atoms with E-state index < -0.39 is 0 Å². The Morgan fingerprint density at radius 1 is 1.22 bits per heavy atom. The Kier molecular flexibility index (Phi) is 3.72. The Morgan fingerprint density at radius 3 is 2.44 bits per heavy atom. The number of hydrogen-bond donors (Lipinski definition) is 0. The molecule has 102 valence electrons. The Hall–Kier alpha value is -0.570. The third-order valence-electron chi connectivity index (χ3n) is 3.67. The van der Waals surface area contributed by atoms with Gasteiger partial charge in [0.25, 0.3) is 0 Å². The number of hydrogen-bond acceptors (Lipinski definition) is 2. The molecule has 18 heavy (non-hydrogen) atoms. The Morgan fingerprint density at radius 2 is 1.89 bits per heavy atom. The van der Waals surface area contributed by atoms with Crippen LogP contribution in [0.3, 0.4) is 0 Å². The zero-order valence-electron chi connectivity index (χ0n) is 12.6. The molecule has 2 nitrogen and oxygen atoms in total. The minimum atomic E-state index is 0.333. The molecule has 0 bridgehead atoms. The van der Waals surface area contributed by atoms with Gasteiger partial charge in [-0.3, -0.25) is 4.99 Å². The van der Waals surface area contributed by atoms with E-state index in [1.807, 2.05) is 11.3 Å². The van der Waals surface area contributed by atoms with Gasteiger partial charge in [0, 0.05) is 28.1 Å². The van der Waals surface area contributed by atoms with E-state index in [0.29, 0.717) is 17.5 Å². The molecule has 0 aliphatic heterocycles. The maximum atomic E-state index is 4.83. The average Bonchev–Trinajstić information content (AvgIpc) is 2.56. The molecule has 3 heteroatoms. The standard InChI is InChI=1S/C15H26N2S/c1-10(2)16-14-17(11(3)4)12-8-7-9-15(5,6)13(12)18-14/h10-11H,7-9H2,1-6H3. The molecule has 0 unspecified atom stereocenters. The molecule has 0 aromatic carbocycles. The summed E-state index contributed by atoms with van der Waals surface area (Å²) in [5, 5.41) is 0. The van der Waals surface area contributed by atoms with E-state index in [-0.39, 0.29) is 0 Å². The van der Waals surface area contributed by atoms with Gasteiger partial charge < -0.3 is 4.57 Å². The van der Waals surface area contributed by atoms with Gasteiger partial charge in [-0.1, -0.05) is 13.8 Å². The minimum absolute atomic E-state index is 0.333. The minimum Gasteiger partial charge on any atom is -0.318 e. The predicted molar refractivity (Wildman–Crippen MR) is 79.4 cm³/mol. The fraction of sp³-hybridized carbons (Fsp3) is 0.800. The van der Waals surface area contributed by atoms with Crippen molar-refractivity contribution in [1.82, 2.24) is 4.57 Å². The van der Waals surface area contributed by atoms with Gasteiger partial charge in [-0.15, -0.1) is 11.3 Å². The van der Waals surface area contributed by atoms with Gasteiger partial charge in [0.1, 0.15) is 0 Å². The molecule has 0 fully saturated rings. The molecule has 1 heterocycles. The van der Waals surface area contributed by atoms with Crippen LogP contribution in [-0.4, -0.2) is 10.6 Å². The van der Waals surface area contributed by atoms with Gasteiger partial charge in [-0.05, 0) is 47.0 Å². The average molecular weight is 266 g/mol. The fourth-order valence-corrected chi connectivity index (χ4v) is 4.40. The molecule has 0 amide bonds. The van der Waals surface area contributed by atoms with Crippen molar-refractivity contribution < 1.29 is 0 Å². The fourth-order valence-electron chi connectivity index (χ4n) is 2.84. The maximum absolute atomic E-state index is 4.83. The smallest absolute Gasteiger partial charge is 0.185 e. The lowest BCUT2D eigenvalue weighted by molar-refractivity contribution is 0.418. The highest BCUT2D eigenvalue weighted by Crippen LogP contribution is 2.39. The van der Waals surface area contributed by atoms with E-state index in [1.54, 1.807) is 10.6 Å². The van der Waals surface area contributed by atoms with Crippen LogP contribution in [0.5, 0.6) is 0 Å². The van der Waals surface area contributed by atoms with Crippen LogP contribution in [0, 0.1) is 0 Å². The molecule has 1 aromatic heterocycles. The number of fused-ring (bicyclic) bond motifs is 1. The summed E-state index contributed by atoms with van der Waals surface area (Å²) < 4.78 is 2.47. The molecule has 2 rings (SSSR count). The van der Waals surface area contributed by atoms with Gasteiger partial charge in [-0.2, -0.15) is 0 Å². The van der Waals surface area contributed by atoms with Crippen molar-refractivity contribution in [3.05, 3.63) is 15.4 Å². The topological polar surface area (TPSA) is 17.3 Å². The highest BCUT2D eigenvalue weighted by atomic mass is 32.1. The summed E-state index contributed by atoms with van der Waals surface area (Å²) in [6.45, 7) is 13.6. The molecule has 0 spiro atoms. The monoisotopic (exact) mass is 266 g/mol. The van der Waals surface area contributed by atoms with Crippen molar-refractivity contribution >= 4 is 11.3 Å². The summed E-state index contributed by atoms with van der Waals surface area (Å²) in [5.41, 5.74) is 1.88. The van der Waals surface area contributed by atoms with E-state index in [0.717, 1.165) is 0 Å². The van der Waals surface area contributed by atoms with Crippen LogP contribution >= 0.6 is 11.3 Å². The first-order valence-corrected chi connectivity index (χ1v) is 7.93. The van der Waals surface area contributed by atoms with E-state index in [4.69, 9.17) is 4.99 Å². The van der Waals surface area contributed by atoms with Gasteiger partial charge >= 0.3 is 0 Å². The highest BCUT2D eigenvalue weighted by Gasteiger charge is 2.32. The summed E-state index contributed by atoms with van der Waals surface area (Å²) in [6.07, 6.45) is 3.84.